The third kappa shape index (κ3) is 2.27. The quantitative estimate of drug-likeness (QED) is 0.679. The van der Waals surface area contributed by atoms with Crippen molar-refractivity contribution in [2.75, 3.05) is 7.11 Å². The van der Waals surface area contributed by atoms with E-state index in [0.29, 0.717) is 20.5 Å². The van der Waals surface area contributed by atoms with Gasteiger partial charge in [-0.3, -0.25) is 0 Å². The van der Waals surface area contributed by atoms with E-state index in [4.69, 9.17) is 4.74 Å². The molecule has 0 aliphatic carbocycles. The summed E-state index contributed by atoms with van der Waals surface area (Å²) in [5.41, 5.74) is 2.48. The van der Waals surface area contributed by atoms with Crippen LogP contribution >= 0.6 is 0 Å². The number of hydrogen-bond acceptors (Lipinski definition) is 4. The molecule has 0 fully saturated rings. The number of nitrogens with zero attached hydrogens (tertiary/aromatic N) is 3. The van der Waals surface area contributed by atoms with E-state index in [1.807, 2.05) is 19.9 Å². The first kappa shape index (κ1) is 15.6. The van der Waals surface area contributed by atoms with Crippen LogP contribution in [0.25, 0.3) is 22.3 Å². The van der Waals surface area contributed by atoms with Crippen molar-refractivity contribution in [3.63, 3.8) is 0 Å². The molecule has 0 N–H and O–H groups in total. The molecule has 0 aliphatic rings. The fourth-order valence-electron chi connectivity index (χ4n) is 2.65. The molecule has 2 aromatic carbocycles. The van der Waals surface area contributed by atoms with Gasteiger partial charge in [0.15, 0.2) is 6.07 Å². The Hall–Kier alpha value is -3.33. The van der Waals surface area contributed by atoms with Gasteiger partial charge in [0.25, 0.3) is 5.52 Å². The van der Waals surface area contributed by atoms with E-state index in [9.17, 15) is 15.4 Å². The summed E-state index contributed by atoms with van der Waals surface area (Å²) in [6.07, 6.45) is 0. The zero-order valence-electron chi connectivity index (χ0n) is 13.5. The third-order valence-corrected chi connectivity index (χ3v) is 4.13. The lowest BCUT2D eigenvalue weighted by molar-refractivity contribution is -0.467. The Kier molecular flexibility index (Phi) is 3.70. The summed E-state index contributed by atoms with van der Waals surface area (Å²) in [6, 6.07) is 11.8. The molecule has 0 radical (unpaired) electrons. The lowest BCUT2D eigenvalue weighted by Gasteiger charge is -2.18. The summed E-state index contributed by atoms with van der Waals surface area (Å²) in [5, 5.41) is 22.3. The molecular weight excluding hydrogens is 306 g/mol. The number of aromatic nitrogens is 2. The number of rotatable bonds is 2. The Morgan fingerprint density at radius 3 is 2.38 bits per heavy atom. The highest BCUT2D eigenvalue weighted by Gasteiger charge is 2.24. The molecule has 1 aromatic heterocycles. The summed E-state index contributed by atoms with van der Waals surface area (Å²) >= 11 is 0. The summed E-state index contributed by atoms with van der Waals surface area (Å²) in [4.78, 5) is 12.6. The van der Waals surface area contributed by atoms with Crippen LogP contribution in [0.3, 0.4) is 0 Å². The largest absolute Gasteiger partial charge is 0.805 e. The topological polar surface area (TPSA) is 84.0 Å². The van der Waals surface area contributed by atoms with E-state index in [1.54, 1.807) is 36.4 Å². The smallest absolute Gasteiger partial charge is 0.363 e. The van der Waals surface area contributed by atoms with Gasteiger partial charge in [-0.2, -0.15) is 5.26 Å². The van der Waals surface area contributed by atoms with Crippen molar-refractivity contribution in [1.29, 1.82) is 5.26 Å². The summed E-state index contributed by atoms with van der Waals surface area (Å²) < 4.78 is 6.27. The molecule has 0 spiro atoms. The average molecular weight is 321 g/mol. The van der Waals surface area contributed by atoms with Crippen LogP contribution in [0.1, 0.15) is 16.8 Å². The second-order valence-electron chi connectivity index (χ2n) is 5.55. The van der Waals surface area contributed by atoms with Crippen LogP contribution in [0.5, 0.6) is 5.75 Å². The number of ether oxygens (including phenoxy) is 1. The van der Waals surface area contributed by atoms with Gasteiger partial charge in [-0.1, -0.05) is 0 Å². The van der Waals surface area contributed by atoms with Gasteiger partial charge >= 0.3 is 5.69 Å². The van der Waals surface area contributed by atoms with E-state index in [1.165, 1.54) is 7.11 Å². The lowest BCUT2D eigenvalue weighted by Crippen LogP contribution is -2.25. The van der Waals surface area contributed by atoms with E-state index in [2.05, 4.69) is 0 Å². The monoisotopic (exact) mass is 321 g/mol. The molecular formula is C18H15N3O3. The maximum atomic E-state index is 12.9. The predicted molar refractivity (Wildman–Crippen MR) is 90.2 cm³/mol. The van der Waals surface area contributed by atoms with Gasteiger partial charge in [-0.05, 0) is 55.3 Å². The molecule has 24 heavy (non-hydrogen) atoms. The van der Waals surface area contributed by atoms with Crippen LogP contribution in [0, 0.1) is 35.3 Å². The van der Waals surface area contributed by atoms with Crippen molar-refractivity contribution >= 4 is 11.0 Å². The highest BCUT2D eigenvalue weighted by Crippen LogP contribution is 2.27. The highest BCUT2D eigenvalue weighted by atomic mass is 16.5. The fourth-order valence-corrected chi connectivity index (χ4v) is 2.65. The maximum absolute atomic E-state index is 12.9. The second-order valence-corrected chi connectivity index (χ2v) is 5.55. The van der Waals surface area contributed by atoms with Crippen molar-refractivity contribution in [3.8, 4) is 23.1 Å². The van der Waals surface area contributed by atoms with E-state index < -0.39 is 0 Å². The Balaban J connectivity index is 2.43. The highest BCUT2D eigenvalue weighted by molar-refractivity contribution is 5.79. The first-order chi connectivity index (χ1) is 11.5. The van der Waals surface area contributed by atoms with Crippen LogP contribution in [0.15, 0.2) is 36.4 Å². The predicted octanol–water partition coefficient (Wildman–Crippen LogP) is 3.07. The summed E-state index contributed by atoms with van der Waals surface area (Å²) in [5.74, 6) is 0.622. The molecule has 0 aliphatic heterocycles. The van der Waals surface area contributed by atoms with Crippen LogP contribution in [-0.2, 0) is 0 Å². The maximum Gasteiger partial charge on any atom is 0.363 e. The van der Waals surface area contributed by atoms with Crippen LogP contribution in [0.2, 0.25) is 0 Å². The molecule has 0 saturated heterocycles. The van der Waals surface area contributed by atoms with Gasteiger partial charge < -0.3 is 14.7 Å². The molecule has 3 rings (SSSR count). The van der Waals surface area contributed by atoms with E-state index >= 15 is 0 Å². The fraction of sp³-hybridized carbons (Fsp3) is 0.167. The number of nitriles is 1. The van der Waals surface area contributed by atoms with Gasteiger partial charge in [0.05, 0.1) is 11.5 Å². The SMILES string of the molecule is COc1ccc(-c2c(C#N)[n+](=O)c3cc(C)c(C)cc3n2[O-])cc1. The van der Waals surface area contributed by atoms with E-state index in [0.717, 1.165) is 11.1 Å². The standard InChI is InChI=1S/C18H15N3O3/c1-11-8-15-16(9-12(11)2)21(23)18(17(10-19)20(15)22)13-4-6-14(24-3)7-5-13/h4-9H,1-3H3. The molecule has 6 nitrogen and oxygen atoms in total. The van der Waals surface area contributed by atoms with Crippen LogP contribution < -0.4 is 9.16 Å². The van der Waals surface area contributed by atoms with E-state index in [-0.39, 0.29) is 22.4 Å². The second kappa shape index (κ2) is 5.70. The number of fused-ring (bicyclic) bond motifs is 1. The minimum absolute atomic E-state index is 0.0332. The van der Waals surface area contributed by atoms with Crippen molar-refractivity contribution in [2.24, 2.45) is 0 Å². The van der Waals surface area contributed by atoms with Gasteiger partial charge in [0.1, 0.15) is 17.0 Å². The van der Waals surface area contributed by atoms with Gasteiger partial charge in [-0.25, -0.2) is 0 Å². The Labute approximate surface area is 138 Å². The molecule has 0 unspecified atom stereocenters. The average Bonchev–Trinajstić information content (AvgIpc) is 2.59. The van der Waals surface area contributed by atoms with Gasteiger partial charge in [0, 0.05) is 16.5 Å². The van der Waals surface area contributed by atoms with Crippen molar-refractivity contribution in [2.45, 2.75) is 13.8 Å². The van der Waals surface area contributed by atoms with Crippen LogP contribution in [0.4, 0.5) is 0 Å². The minimum Gasteiger partial charge on any atom is -0.805 e. The van der Waals surface area contributed by atoms with Crippen LogP contribution in [-0.4, -0.2) is 11.8 Å². The molecule has 0 bridgehead atoms. The normalized spacial score (nSPS) is 10.6. The van der Waals surface area contributed by atoms with Crippen molar-refractivity contribution < 1.29 is 9.16 Å². The van der Waals surface area contributed by atoms with Gasteiger partial charge in [-0.15, -0.1) is 0 Å². The van der Waals surface area contributed by atoms with Crippen molar-refractivity contribution in [3.05, 3.63) is 63.3 Å². The minimum atomic E-state index is -0.231. The molecule has 120 valence electrons. The molecule has 3 aromatic rings. The molecule has 6 heteroatoms. The summed E-state index contributed by atoms with van der Waals surface area (Å²) in [7, 11) is 1.54. The number of hydrogen-bond donors (Lipinski definition) is 0. The molecule has 1 heterocycles. The Morgan fingerprint density at radius 1 is 1.17 bits per heavy atom. The third-order valence-electron chi connectivity index (χ3n) is 4.13. The molecule has 0 saturated carbocycles. The summed E-state index contributed by atoms with van der Waals surface area (Å²) in [6.45, 7) is 3.72. The zero-order chi connectivity index (χ0) is 17.4. The number of benzene rings is 2. The van der Waals surface area contributed by atoms with Crippen molar-refractivity contribution in [1.82, 2.24) is 4.73 Å². The zero-order valence-corrected chi connectivity index (χ0v) is 13.5. The Bertz CT molecular complexity index is 1040. The number of aryl methyl sites for hydroxylation is 2. The Morgan fingerprint density at radius 2 is 1.79 bits per heavy atom. The molecule has 0 atom stereocenters. The first-order valence-electron chi connectivity index (χ1n) is 7.32. The lowest BCUT2D eigenvalue weighted by atomic mass is 10.1. The number of methoxy groups -OCH3 is 1. The molecule has 0 amide bonds. The van der Waals surface area contributed by atoms with Gasteiger partial charge in [0.2, 0.25) is 0 Å². The first-order valence-corrected chi connectivity index (χ1v) is 7.32.